The Morgan fingerprint density at radius 3 is 2.86 bits per heavy atom. The van der Waals surface area contributed by atoms with E-state index in [1.165, 1.54) is 17.0 Å². The second kappa shape index (κ2) is 7.56. The van der Waals surface area contributed by atoms with E-state index in [2.05, 4.69) is 5.32 Å². The van der Waals surface area contributed by atoms with Gasteiger partial charge in [0.15, 0.2) is 0 Å². The van der Waals surface area contributed by atoms with E-state index in [1.807, 2.05) is 0 Å². The van der Waals surface area contributed by atoms with Crippen molar-refractivity contribution in [3.8, 4) is 0 Å². The summed E-state index contributed by atoms with van der Waals surface area (Å²) in [7, 11) is 0. The van der Waals surface area contributed by atoms with Crippen molar-refractivity contribution in [3.63, 3.8) is 0 Å². The number of ether oxygens (including phenoxy) is 1. The Morgan fingerprint density at radius 2 is 2.27 bits per heavy atom. The van der Waals surface area contributed by atoms with Crippen LogP contribution in [0.25, 0.3) is 0 Å². The number of anilines is 1. The van der Waals surface area contributed by atoms with Crippen LogP contribution in [0.3, 0.4) is 0 Å². The normalized spacial score (nSPS) is 17.3. The third-order valence-electron chi connectivity index (χ3n) is 3.49. The molecule has 22 heavy (non-hydrogen) atoms. The number of carbonyl (C=O) groups excluding carboxylic acids is 2. The highest BCUT2D eigenvalue weighted by Gasteiger charge is 2.26. The van der Waals surface area contributed by atoms with Crippen LogP contribution in [-0.4, -0.2) is 42.5 Å². The van der Waals surface area contributed by atoms with Crippen molar-refractivity contribution < 1.29 is 18.7 Å². The molecule has 1 unspecified atom stereocenters. The first-order valence-electron chi connectivity index (χ1n) is 7.18. The molecule has 0 aromatic heterocycles. The topological polar surface area (TPSA) is 58.6 Å². The van der Waals surface area contributed by atoms with Gasteiger partial charge in [0, 0.05) is 24.7 Å². The van der Waals surface area contributed by atoms with Crippen LogP contribution in [-0.2, 0) is 14.3 Å². The number of amides is 2. The summed E-state index contributed by atoms with van der Waals surface area (Å²) in [6.07, 6.45) is 1.79. The van der Waals surface area contributed by atoms with E-state index in [0.717, 1.165) is 18.9 Å². The summed E-state index contributed by atoms with van der Waals surface area (Å²) in [5, 5.41) is 2.49. The van der Waals surface area contributed by atoms with Crippen molar-refractivity contribution >= 4 is 29.1 Å². The maximum atomic E-state index is 13.6. The summed E-state index contributed by atoms with van der Waals surface area (Å²) in [5.41, 5.74) is -0.0732. The standard InChI is InChI=1S/C15H18ClFN2O3/c1-2-19(9-11-4-3-7-22-11)15(21)14(20)18-13-6-5-10(16)8-12(13)17/h5-6,8,11H,2-4,7,9H2,1H3,(H,18,20). The number of rotatable bonds is 4. The second-order valence-electron chi connectivity index (χ2n) is 5.06. The molecule has 1 aliphatic heterocycles. The molecule has 1 aromatic rings. The Kier molecular flexibility index (Phi) is 5.74. The molecule has 0 saturated carbocycles. The van der Waals surface area contributed by atoms with Crippen molar-refractivity contribution in [2.45, 2.75) is 25.9 Å². The molecule has 1 fully saturated rings. The third-order valence-corrected chi connectivity index (χ3v) is 3.73. The number of likely N-dealkylation sites (N-methyl/N-ethyl adjacent to an activating group) is 1. The van der Waals surface area contributed by atoms with Crippen molar-refractivity contribution in [2.75, 3.05) is 25.0 Å². The van der Waals surface area contributed by atoms with E-state index in [9.17, 15) is 14.0 Å². The molecule has 1 aliphatic rings. The van der Waals surface area contributed by atoms with Gasteiger partial charge in [-0.1, -0.05) is 11.6 Å². The number of nitrogens with zero attached hydrogens (tertiary/aromatic N) is 1. The van der Waals surface area contributed by atoms with Gasteiger partial charge in [0.25, 0.3) is 0 Å². The highest BCUT2D eigenvalue weighted by Crippen LogP contribution is 2.19. The summed E-state index contributed by atoms with van der Waals surface area (Å²) in [5.74, 6) is -2.26. The molecule has 1 atom stereocenters. The van der Waals surface area contributed by atoms with Crippen LogP contribution < -0.4 is 5.32 Å². The molecule has 1 N–H and O–H groups in total. The Labute approximate surface area is 133 Å². The number of halogens is 2. The highest BCUT2D eigenvalue weighted by molar-refractivity contribution is 6.39. The maximum absolute atomic E-state index is 13.6. The zero-order chi connectivity index (χ0) is 16.1. The Balaban J connectivity index is 1.98. The Hall–Kier alpha value is -1.66. The van der Waals surface area contributed by atoms with E-state index in [-0.39, 0.29) is 16.8 Å². The summed E-state index contributed by atoms with van der Waals surface area (Å²) in [6.45, 7) is 3.21. The van der Waals surface area contributed by atoms with Gasteiger partial charge in [0.05, 0.1) is 11.8 Å². The number of hydrogen-bond donors (Lipinski definition) is 1. The molecule has 1 saturated heterocycles. The molecule has 0 radical (unpaired) electrons. The van der Waals surface area contributed by atoms with Crippen LogP contribution in [0.5, 0.6) is 0 Å². The maximum Gasteiger partial charge on any atom is 0.313 e. The average molecular weight is 329 g/mol. The van der Waals surface area contributed by atoms with Gasteiger partial charge in [-0.05, 0) is 38.0 Å². The fourth-order valence-corrected chi connectivity index (χ4v) is 2.46. The summed E-state index contributed by atoms with van der Waals surface area (Å²) in [4.78, 5) is 25.5. The van der Waals surface area contributed by atoms with Gasteiger partial charge in [0.2, 0.25) is 0 Å². The SMILES string of the molecule is CCN(CC1CCCO1)C(=O)C(=O)Nc1ccc(Cl)cc1F. The number of carbonyl (C=O) groups is 2. The molecule has 0 bridgehead atoms. The van der Waals surface area contributed by atoms with Crippen molar-refractivity contribution in [1.82, 2.24) is 4.90 Å². The van der Waals surface area contributed by atoms with Gasteiger partial charge in [-0.25, -0.2) is 4.39 Å². The van der Waals surface area contributed by atoms with Crippen LogP contribution in [0.4, 0.5) is 10.1 Å². The first-order chi connectivity index (χ1) is 10.5. The average Bonchev–Trinajstić information content (AvgIpc) is 3.00. The summed E-state index contributed by atoms with van der Waals surface area (Å²) >= 11 is 5.64. The van der Waals surface area contributed by atoms with Crippen LogP contribution in [0.1, 0.15) is 19.8 Å². The fourth-order valence-electron chi connectivity index (χ4n) is 2.30. The third kappa shape index (κ3) is 4.18. The van der Waals surface area contributed by atoms with Crippen LogP contribution in [0.2, 0.25) is 5.02 Å². The largest absolute Gasteiger partial charge is 0.376 e. The second-order valence-corrected chi connectivity index (χ2v) is 5.49. The lowest BCUT2D eigenvalue weighted by molar-refractivity contribution is -0.144. The number of hydrogen-bond acceptors (Lipinski definition) is 3. The number of benzene rings is 1. The summed E-state index contributed by atoms with van der Waals surface area (Å²) < 4.78 is 19.1. The molecular formula is C15H18ClFN2O3. The zero-order valence-corrected chi connectivity index (χ0v) is 13.0. The first kappa shape index (κ1) is 16.7. The molecule has 2 amide bonds. The highest BCUT2D eigenvalue weighted by atomic mass is 35.5. The molecular weight excluding hydrogens is 311 g/mol. The van der Waals surface area contributed by atoms with E-state index < -0.39 is 17.6 Å². The molecule has 2 rings (SSSR count). The van der Waals surface area contributed by atoms with Gasteiger partial charge in [-0.3, -0.25) is 9.59 Å². The molecule has 0 aliphatic carbocycles. The summed E-state index contributed by atoms with van der Waals surface area (Å²) in [6, 6.07) is 3.83. The Bertz CT molecular complexity index is 562. The lowest BCUT2D eigenvalue weighted by Crippen LogP contribution is -2.43. The van der Waals surface area contributed by atoms with Crippen LogP contribution in [0, 0.1) is 5.82 Å². The van der Waals surface area contributed by atoms with Gasteiger partial charge in [0.1, 0.15) is 5.82 Å². The zero-order valence-electron chi connectivity index (χ0n) is 12.3. The molecule has 7 heteroatoms. The van der Waals surface area contributed by atoms with Gasteiger partial charge in [-0.15, -0.1) is 0 Å². The van der Waals surface area contributed by atoms with E-state index in [4.69, 9.17) is 16.3 Å². The minimum Gasteiger partial charge on any atom is -0.376 e. The minimum absolute atomic E-state index is 0.0380. The molecule has 5 nitrogen and oxygen atoms in total. The predicted molar refractivity (Wildman–Crippen MR) is 81.3 cm³/mol. The molecule has 1 heterocycles. The van der Waals surface area contributed by atoms with Gasteiger partial charge >= 0.3 is 11.8 Å². The van der Waals surface area contributed by atoms with Gasteiger partial charge in [-0.2, -0.15) is 0 Å². The van der Waals surface area contributed by atoms with Crippen molar-refractivity contribution in [3.05, 3.63) is 29.0 Å². The fraction of sp³-hybridized carbons (Fsp3) is 0.467. The smallest absolute Gasteiger partial charge is 0.313 e. The van der Waals surface area contributed by atoms with E-state index in [0.29, 0.717) is 19.7 Å². The van der Waals surface area contributed by atoms with E-state index >= 15 is 0 Å². The predicted octanol–water partition coefficient (Wildman–Crippen LogP) is 2.45. The van der Waals surface area contributed by atoms with Crippen molar-refractivity contribution in [1.29, 1.82) is 0 Å². The first-order valence-corrected chi connectivity index (χ1v) is 7.56. The molecule has 120 valence electrons. The van der Waals surface area contributed by atoms with E-state index in [1.54, 1.807) is 6.92 Å². The monoisotopic (exact) mass is 328 g/mol. The van der Waals surface area contributed by atoms with Crippen LogP contribution in [0.15, 0.2) is 18.2 Å². The van der Waals surface area contributed by atoms with Crippen molar-refractivity contribution in [2.24, 2.45) is 0 Å². The molecule has 1 aromatic carbocycles. The lowest BCUT2D eigenvalue weighted by atomic mass is 10.2. The minimum atomic E-state index is -0.874. The van der Waals surface area contributed by atoms with Gasteiger partial charge < -0.3 is 15.0 Å². The number of nitrogens with one attached hydrogen (secondary N) is 1. The van der Waals surface area contributed by atoms with Crippen LogP contribution >= 0.6 is 11.6 Å². The molecule has 0 spiro atoms. The Morgan fingerprint density at radius 1 is 1.50 bits per heavy atom. The quantitative estimate of drug-likeness (QED) is 0.864. The lowest BCUT2D eigenvalue weighted by Gasteiger charge is -2.23.